The molecule has 0 bridgehead atoms. The molecule has 1 atom stereocenters. The molecule has 3 nitrogen and oxygen atoms in total. The molecule has 3 heterocycles. The average Bonchev–Trinajstić information content (AvgIpc) is 3.27. The Kier molecular flexibility index (Phi) is 4.18. The van der Waals surface area contributed by atoms with Crippen molar-refractivity contribution in [1.82, 2.24) is 8.69 Å². The van der Waals surface area contributed by atoms with Crippen LogP contribution in [0.3, 0.4) is 0 Å². The van der Waals surface area contributed by atoms with Gasteiger partial charge in [0.1, 0.15) is 5.75 Å². The summed E-state index contributed by atoms with van der Waals surface area (Å²) >= 11 is 1.79. The molecule has 0 radical (unpaired) electrons. The predicted molar refractivity (Wildman–Crippen MR) is 108 cm³/mol. The fraction of sp³-hybridized carbons (Fsp3) is 0.333. The van der Waals surface area contributed by atoms with E-state index in [9.17, 15) is 0 Å². The molecule has 130 valence electrons. The molecule has 0 spiro atoms. The second-order valence-electron chi connectivity index (χ2n) is 6.72. The number of allylic oxidation sites excluding steroid dienone is 1. The maximum Gasteiger partial charge on any atom is 0.128 e. The van der Waals surface area contributed by atoms with E-state index in [4.69, 9.17) is 4.74 Å². The Morgan fingerprint density at radius 1 is 1.36 bits per heavy atom. The number of benzene rings is 1. The van der Waals surface area contributed by atoms with Crippen LogP contribution in [0.5, 0.6) is 5.75 Å². The third-order valence-corrected chi connectivity index (χ3v) is 6.35. The van der Waals surface area contributed by atoms with Gasteiger partial charge in [0.15, 0.2) is 0 Å². The van der Waals surface area contributed by atoms with Gasteiger partial charge in [-0.2, -0.15) is 0 Å². The van der Waals surface area contributed by atoms with Gasteiger partial charge < -0.3 is 9.64 Å². The molecule has 0 N–H and O–H groups in total. The van der Waals surface area contributed by atoms with Crippen LogP contribution >= 0.6 is 11.5 Å². The van der Waals surface area contributed by atoms with E-state index in [0.717, 1.165) is 18.8 Å². The highest BCUT2D eigenvalue weighted by molar-refractivity contribution is 7.05. The topological polar surface area (TPSA) is 16.9 Å². The Morgan fingerprint density at radius 3 is 2.84 bits per heavy atom. The Labute approximate surface area is 152 Å². The summed E-state index contributed by atoms with van der Waals surface area (Å²) in [4.78, 5) is 2.42. The third-order valence-electron chi connectivity index (χ3n) is 5.24. The highest BCUT2D eigenvalue weighted by Gasteiger charge is 2.29. The summed E-state index contributed by atoms with van der Waals surface area (Å²) in [6.07, 6.45) is 7.42. The fourth-order valence-electron chi connectivity index (χ4n) is 4.17. The molecule has 0 saturated carbocycles. The van der Waals surface area contributed by atoms with Gasteiger partial charge in [0.2, 0.25) is 0 Å². The number of nitrogens with zero attached hydrogens (tertiary/aromatic N) is 2. The van der Waals surface area contributed by atoms with Gasteiger partial charge in [0.25, 0.3) is 0 Å². The lowest BCUT2D eigenvalue weighted by molar-refractivity contribution is 0.411. The van der Waals surface area contributed by atoms with Crippen LogP contribution < -0.4 is 14.5 Å². The standard InChI is InChI=1S/C21H24N2OS/c1-5-8-18-15(6-2)21-19(14-11-12-22(3)13-14)20-16(23(21)25-18)9-7-10-17(20)24-4/h5-10,14H,1,11-13H2,2-4H3/b15-6+,18-8+. The number of likely N-dealkylation sites (tertiary alicyclic amines) is 1. The molecule has 0 amide bonds. The van der Waals surface area contributed by atoms with Crippen LogP contribution in [-0.4, -0.2) is 35.9 Å². The van der Waals surface area contributed by atoms with Crippen LogP contribution in [0, 0.1) is 0 Å². The molecule has 4 rings (SSSR count). The number of rotatable bonds is 3. The second-order valence-corrected chi connectivity index (χ2v) is 7.71. The zero-order valence-electron chi connectivity index (χ0n) is 15.1. The van der Waals surface area contributed by atoms with E-state index in [2.05, 4.69) is 59.6 Å². The van der Waals surface area contributed by atoms with Crippen molar-refractivity contribution in [3.63, 3.8) is 0 Å². The van der Waals surface area contributed by atoms with Crippen molar-refractivity contribution < 1.29 is 4.74 Å². The summed E-state index contributed by atoms with van der Waals surface area (Å²) in [5, 5.41) is 2.59. The number of methoxy groups -OCH3 is 1. The largest absolute Gasteiger partial charge is 0.496 e. The van der Waals surface area contributed by atoms with Gasteiger partial charge >= 0.3 is 0 Å². The summed E-state index contributed by atoms with van der Waals surface area (Å²) in [5.74, 6) is 1.52. The van der Waals surface area contributed by atoms with Crippen molar-refractivity contribution in [2.24, 2.45) is 0 Å². The van der Waals surface area contributed by atoms with Crippen LogP contribution in [0.1, 0.15) is 24.8 Å². The minimum Gasteiger partial charge on any atom is -0.496 e. The van der Waals surface area contributed by atoms with Gasteiger partial charge in [-0.1, -0.05) is 36.3 Å². The lowest BCUT2D eigenvalue weighted by Gasteiger charge is -2.12. The second kappa shape index (κ2) is 6.36. The monoisotopic (exact) mass is 352 g/mol. The minimum atomic E-state index is 0.540. The van der Waals surface area contributed by atoms with E-state index in [1.165, 1.54) is 38.2 Å². The Morgan fingerprint density at radius 2 is 2.20 bits per heavy atom. The quantitative estimate of drug-likeness (QED) is 0.719. The normalized spacial score (nSPS) is 20.2. The van der Waals surface area contributed by atoms with Gasteiger partial charge in [-0.05, 0) is 50.7 Å². The number of hydrogen-bond acceptors (Lipinski definition) is 3. The van der Waals surface area contributed by atoms with E-state index in [-0.39, 0.29) is 0 Å². The first-order valence-corrected chi connectivity index (χ1v) is 9.54. The zero-order chi connectivity index (χ0) is 17.6. The Hall–Kier alpha value is -2.04. The molecular formula is C21H24N2OS. The molecule has 1 unspecified atom stereocenters. The molecular weight excluding hydrogens is 328 g/mol. The first-order valence-electron chi connectivity index (χ1n) is 8.77. The van der Waals surface area contributed by atoms with Crippen molar-refractivity contribution in [2.45, 2.75) is 19.3 Å². The van der Waals surface area contributed by atoms with Crippen molar-refractivity contribution in [3.8, 4) is 5.75 Å². The minimum absolute atomic E-state index is 0.540. The molecule has 1 aromatic carbocycles. The SMILES string of the molecule is C=C/C=c1/sn2c(c(C3CCN(C)C3)c3c(OC)cccc32)/c1=C/C. The molecule has 1 saturated heterocycles. The lowest BCUT2D eigenvalue weighted by Crippen LogP contribution is -2.19. The number of aromatic nitrogens is 1. The van der Waals surface area contributed by atoms with E-state index < -0.39 is 0 Å². The molecule has 0 aliphatic carbocycles. The first kappa shape index (κ1) is 16.4. The van der Waals surface area contributed by atoms with Crippen molar-refractivity contribution in [2.75, 3.05) is 27.2 Å². The van der Waals surface area contributed by atoms with Gasteiger partial charge in [-0.25, -0.2) is 0 Å². The summed E-state index contributed by atoms with van der Waals surface area (Å²) in [6.45, 7) is 8.27. The van der Waals surface area contributed by atoms with E-state index >= 15 is 0 Å². The maximum atomic E-state index is 5.75. The van der Waals surface area contributed by atoms with Gasteiger partial charge in [-0.15, -0.1) is 0 Å². The maximum absolute atomic E-state index is 5.75. The van der Waals surface area contributed by atoms with Crippen molar-refractivity contribution >= 4 is 40.1 Å². The molecule has 1 fully saturated rings. The van der Waals surface area contributed by atoms with Crippen LogP contribution in [0.25, 0.3) is 28.6 Å². The molecule has 4 heteroatoms. The van der Waals surface area contributed by atoms with Crippen LogP contribution in [0.15, 0.2) is 30.9 Å². The molecule has 1 aliphatic heterocycles. The fourth-order valence-corrected chi connectivity index (χ4v) is 5.37. The Balaban J connectivity index is 2.20. The van der Waals surface area contributed by atoms with Gasteiger partial charge in [-0.3, -0.25) is 3.79 Å². The highest BCUT2D eigenvalue weighted by Crippen LogP contribution is 2.40. The van der Waals surface area contributed by atoms with Gasteiger partial charge in [0.05, 0.1) is 22.7 Å². The Bertz CT molecular complexity index is 1070. The predicted octanol–water partition coefficient (Wildman–Crippen LogP) is 3.35. The average molecular weight is 353 g/mol. The number of hydrogen-bond donors (Lipinski definition) is 0. The van der Waals surface area contributed by atoms with Crippen molar-refractivity contribution in [3.05, 3.63) is 46.2 Å². The summed E-state index contributed by atoms with van der Waals surface area (Å²) in [5.41, 5.74) is 4.04. The molecule has 3 aromatic rings. The smallest absolute Gasteiger partial charge is 0.128 e. The number of likely N-dealkylation sites (N-methyl/N-ethyl adjacent to an activating group) is 1. The van der Waals surface area contributed by atoms with Crippen LogP contribution in [-0.2, 0) is 0 Å². The third kappa shape index (κ3) is 2.43. The molecule has 2 aromatic heterocycles. The lowest BCUT2D eigenvalue weighted by atomic mass is 9.95. The number of ether oxygens (including phenoxy) is 1. The number of fused-ring (bicyclic) bond motifs is 3. The van der Waals surface area contributed by atoms with Crippen molar-refractivity contribution in [1.29, 1.82) is 0 Å². The summed E-state index contributed by atoms with van der Waals surface area (Å²) < 4.78 is 9.40. The van der Waals surface area contributed by atoms with Crippen LogP contribution in [0.4, 0.5) is 0 Å². The summed E-state index contributed by atoms with van der Waals surface area (Å²) in [7, 11) is 3.99. The molecule has 25 heavy (non-hydrogen) atoms. The van der Waals surface area contributed by atoms with Crippen LogP contribution in [0.2, 0.25) is 0 Å². The summed E-state index contributed by atoms with van der Waals surface area (Å²) in [6, 6.07) is 6.38. The molecule has 1 aliphatic rings. The van der Waals surface area contributed by atoms with E-state index in [1.807, 2.05) is 6.08 Å². The van der Waals surface area contributed by atoms with E-state index in [0.29, 0.717) is 5.92 Å². The first-order chi connectivity index (χ1) is 12.2. The van der Waals surface area contributed by atoms with E-state index in [1.54, 1.807) is 18.6 Å². The zero-order valence-corrected chi connectivity index (χ0v) is 15.9. The highest BCUT2D eigenvalue weighted by atomic mass is 32.1. The van der Waals surface area contributed by atoms with Gasteiger partial charge in [0, 0.05) is 23.1 Å².